The standard InChI is InChI=1S/C24H24N4O3/c1-15(29)7-21(17-8-19(30-3)11-20(9-17)31-4)16-5-6-22-23(10-16)27-24(13-25-22)18-12-26-28(2)14-18/h5-6,8-14,21H,7H2,1-4H3. The van der Waals surface area contributed by atoms with Gasteiger partial charge in [0.05, 0.1) is 43.3 Å². The van der Waals surface area contributed by atoms with E-state index in [-0.39, 0.29) is 11.7 Å². The SMILES string of the molecule is COc1cc(OC)cc(C(CC(C)=O)c2ccc3ncc(-c4cnn(C)c4)nc3c2)c1. The van der Waals surface area contributed by atoms with Gasteiger partial charge in [0.25, 0.3) is 0 Å². The van der Waals surface area contributed by atoms with E-state index < -0.39 is 0 Å². The third kappa shape index (κ3) is 4.40. The molecular formula is C24H24N4O3. The maximum atomic E-state index is 12.1. The molecule has 0 N–H and O–H groups in total. The number of carbonyl (C=O) groups is 1. The second-order valence-electron chi connectivity index (χ2n) is 7.51. The molecule has 7 nitrogen and oxygen atoms in total. The first-order chi connectivity index (χ1) is 15.0. The van der Waals surface area contributed by atoms with Gasteiger partial charge in [-0.05, 0) is 42.3 Å². The molecule has 158 valence electrons. The summed E-state index contributed by atoms with van der Waals surface area (Å²) in [6.45, 7) is 1.60. The number of methoxy groups -OCH3 is 2. The lowest BCUT2D eigenvalue weighted by molar-refractivity contribution is -0.117. The average molecular weight is 416 g/mol. The number of rotatable bonds is 7. The summed E-state index contributed by atoms with van der Waals surface area (Å²) in [6.07, 6.45) is 5.78. The van der Waals surface area contributed by atoms with E-state index in [2.05, 4.69) is 10.1 Å². The zero-order valence-corrected chi connectivity index (χ0v) is 18.0. The summed E-state index contributed by atoms with van der Waals surface area (Å²) >= 11 is 0. The van der Waals surface area contributed by atoms with Crippen molar-refractivity contribution in [2.75, 3.05) is 14.2 Å². The Hall–Kier alpha value is -3.74. The van der Waals surface area contributed by atoms with Gasteiger partial charge in [0.2, 0.25) is 0 Å². The minimum Gasteiger partial charge on any atom is -0.497 e. The number of Topliss-reactive ketones (excluding diaryl/α,β-unsaturated/α-hetero) is 1. The maximum Gasteiger partial charge on any atom is 0.130 e. The summed E-state index contributed by atoms with van der Waals surface area (Å²) in [4.78, 5) is 21.5. The lowest BCUT2D eigenvalue weighted by atomic mass is 9.87. The topological polar surface area (TPSA) is 79.1 Å². The fraction of sp³-hybridized carbons (Fsp3) is 0.250. The predicted octanol–water partition coefficient (Wildman–Crippen LogP) is 4.16. The third-order valence-corrected chi connectivity index (χ3v) is 5.24. The number of fused-ring (bicyclic) bond motifs is 1. The number of hydrogen-bond acceptors (Lipinski definition) is 6. The van der Waals surface area contributed by atoms with Gasteiger partial charge in [0, 0.05) is 37.2 Å². The molecule has 7 heteroatoms. The van der Waals surface area contributed by atoms with Crippen molar-refractivity contribution in [3.8, 4) is 22.8 Å². The highest BCUT2D eigenvalue weighted by atomic mass is 16.5. The molecule has 0 bridgehead atoms. The summed E-state index contributed by atoms with van der Waals surface area (Å²) in [5, 5.41) is 4.21. The Bertz CT molecular complexity index is 1230. The van der Waals surface area contributed by atoms with E-state index in [0.29, 0.717) is 17.9 Å². The molecule has 2 heterocycles. The van der Waals surface area contributed by atoms with Gasteiger partial charge in [-0.1, -0.05) is 6.07 Å². The molecule has 2 aromatic heterocycles. The van der Waals surface area contributed by atoms with Crippen LogP contribution in [0.15, 0.2) is 55.0 Å². The van der Waals surface area contributed by atoms with Crippen molar-refractivity contribution >= 4 is 16.8 Å². The van der Waals surface area contributed by atoms with Gasteiger partial charge in [0.1, 0.15) is 17.3 Å². The van der Waals surface area contributed by atoms with E-state index in [1.165, 1.54) is 0 Å². The summed E-state index contributed by atoms with van der Waals surface area (Å²) in [6, 6.07) is 11.6. The predicted molar refractivity (Wildman–Crippen MR) is 118 cm³/mol. The van der Waals surface area contributed by atoms with E-state index >= 15 is 0 Å². The van der Waals surface area contributed by atoms with Crippen LogP contribution in [0.1, 0.15) is 30.4 Å². The molecular weight excluding hydrogens is 392 g/mol. The van der Waals surface area contributed by atoms with Gasteiger partial charge in [0.15, 0.2) is 0 Å². The molecule has 0 aliphatic rings. The summed E-state index contributed by atoms with van der Waals surface area (Å²) in [5.74, 6) is 1.31. The minimum absolute atomic E-state index is 0.0991. The van der Waals surface area contributed by atoms with Crippen molar-refractivity contribution in [2.45, 2.75) is 19.3 Å². The van der Waals surface area contributed by atoms with Crippen molar-refractivity contribution in [2.24, 2.45) is 7.05 Å². The van der Waals surface area contributed by atoms with Gasteiger partial charge in [-0.2, -0.15) is 5.10 Å². The van der Waals surface area contributed by atoms with Gasteiger partial charge >= 0.3 is 0 Å². The van der Waals surface area contributed by atoms with Gasteiger partial charge < -0.3 is 9.47 Å². The molecule has 0 amide bonds. The van der Waals surface area contributed by atoms with Crippen molar-refractivity contribution in [1.82, 2.24) is 19.7 Å². The number of aryl methyl sites for hydroxylation is 1. The number of nitrogens with zero attached hydrogens (tertiary/aromatic N) is 4. The molecule has 4 aromatic rings. The first kappa shape index (κ1) is 20.5. The van der Waals surface area contributed by atoms with E-state index in [1.807, 2.05) is 49.6 Å². The molecule has 0 fully saturated rings. The number of hydrogen-bond donors (Lipinski definition) is 0. The van der Waals surface area contributed by atoms with Crippen LogP contribution in [-0.4, -0.2) is 39.8 Å². The average Bonchev–Trinajstić information content (AvgIpc) is 3.22. The molecule has 0 radical (unpaired) electrons. The molecule has 2 aromatic carbocycles. The van der Waals surface area contributed by atoms with Gasteiger partial charge in [-0.3, -0.25) is 14.5 Å². The van der Waals surface area contributed by atoms with Crippen LogP contribution >= 0.6 is 0 Å². The van der Waals surface area contributed by atoms with Crippen LogP contribution in [0.3, 0.4) is 0 Å². The van der Waals surface area contributed by atoms with Crippen molar-refractivity contribution in [3.05, 3.63) is 66.1 Å². The third-order valence-electron chi connectivity index (χ3n) is 5.24. The quantitative estimate of drug-likeness (QED) is 0.450. The highest BCUT2D eigenvalue weighted by Gasteiger charge is 2.19. The maximum absolute atomic E-state index is 12.1. The number of benzene rings is 2. The second-order valence-corrected chi connectivity index (χ2v) is 7.51. The van der Waals surface area contributed by atoms with Crippen LogP contribution < -0.4 is 9.47 Å². The number of ether oxygens (including phenoxy) is 2. The monoisotopic (exact) mass is 416 g/mol. The van der Waals surface area contributed by atoms with Crippen LogP contribution in [0.5, 0.6) is 11.5 Å². The van der Waals surface area contributed by atoms with Crippen LogP contribution in [0.2, 0.25) is 0 Å². The molecule has 4 rings (SSSR count). The molecule has 1 atom stereocenters. The van der Waals surface area contributed by atoms with E-state index in [0.717, 1.165) is 33.4 Å². The van der Waals surface area contributed by atoms with Crippen molar-refractivity contribution in [3.63, 3.8) is 0 Å². The van der Waals surface area contributed by atoms with Gasteiger partial charge in [-0.25, -0.2) is 4.98 Å². The fourth-order valence-electron chi connectivity index (χ4n) is 3.68. The van der Waals surface area contributed by atoms with Crippen LogP contribution in [0.25, 0.3) is 22.3 Å². The number of aromatic nitrogens is 4. The van der Waals surface area contributed by atoms with E-state index in [1.54, 1.807) is 38.2 Å². The first-order valence-corrected chi connectivity index (χ1v) is 9.95. The largest absolute Gasteiger partial charge is 0.497 e. The Morgan fingerprint density at radius 3 is 2.35 bits per heavy atom. The Labute approximate surface area is 180 Å². The van der Waals surface area contributed by atoms with E-state index in [4.69, 9.17) is 14.5 Å². The Morgan fingerprint density at radius 2 is 1.74 bits per heavy atom. The number of ketones is 1. The van der Waals surface area contributed by atoms with E-state index in [9.17, 15) is 4.79 Å². The summed E-state index contributed by atoms with van der Waals surface area (Å²) in [5.41, 5.74) is 5.14. The molecule has 0 spiro atoms. The Balaban J connectivity index is 1.81. The highest BCUT2D eigenvalue weighted by molar-refractivity contribution is 5.80. The molecule has 0 aliphatic carbocycles. The molecule has 0 saturated carbocycles. The van der Waals surface area contributed by atoms with Crippen LogP contribution in [0.4, 0.5) is 0 Å². The highest BCUT2D eigenvalue weighted by Crippen LogP contribution is 2.35. The lowest BCUT2D eigenvalue weighted by Gasteiger charge is -2.19. The normalized spacial score (nSPS) is 12.0. The molecule has 0 saturated heterocycles. The first-order valence-electron chi connectivity index (χ1n) is 9.95. The summed E-state index contributed by atoms with van der Waals surface area (Å²) < 4.78 is 12.6. The minimum atomic E-state index is -0.158. The molecule has 1 unspecified atom stereocenters. The Morgan fingerprint density at radius 1 is 1.00 bits per heavy atom. The van der Waals surface area contributed by atoms with Crippen molar-refractivity contribution < 1.29 is 14.3 Å². The molecule has 0 aliphatic heterocycles. The van der Waals surface area contributed by atoms with Gasteiger partial charge in [-0.15, -0.1) is 0 Å². The zero-order valence-electron chi connectivity index (χ0n) is 18.0. The summed E-state index contributed by atoms with van der Waals surface area (Å²) in [7, 11) is 5.10. The molecule has 31 heavy (non-hydrogen) atoms. The zero-order chi connectivity index (χ0) is 22.0. The van der Waals surface area contributed by atoms with Crippen molar-refractivity contribution in [1.29, 1.82) is 0 Å². The second kappa shape index (κ2) is 8.55. The Kier molecular flexibility index (Phi) is 5.66. The number of carbonyl (C=O) groups excluding carboxylic acids is 1. The fourth-order valence-corrected chi connectivity index (χ4v) is 3.68. The lowest BCUT2D eigenvalue weighted by Crippen LogP contribution is -2.07. The smallest absolute Gasteiger partial charge is 0.130 e. The van der Waals surface area contributed by atoms with Crippen LogP contribution in [0, 0.1) is 0 Å². The van der Waals surface area contributed by atoms with Crippen LogP contribution in [-0.2, 0) is 11.8 Å².